The Kier molecular flexibility index (Phi) is 8.37. The fraction of sp³-hybridized carbons (Fsp3) is 0.318. The van der Waals surface area contributed by atoms with Crippen LogP contribution in [-0.4, -0.2) is 23.7 Å². The second kappa shape index (κ2) is 10.8. The molecule has 0 bridgehead atoms. The maximum Gasteiger partial charge on any atom is 0.247 e. The number of hydrogen-bond acceptors (Lipinski definition) is 3. The van der Waals surface area contributed by atoms with E-state index >= 15 is 0 Å². The van der Waals surface area contributed by atoms with Gasteiger partial charge >= 0.3 is 0 Å². The monoisotopic (exact) mass is 386 g/mol. The van der Waals surface area contributed by atoms with E-state index in [0.717, 1.165) is 23.3 Å². The number of aliphatic hydroxyl groups is 1. The zero-order valence-electron chi connectivity index (χ0n) is 15.6. The number of halogens is 1. The summed E-state index contributed by atoms with van der Waals surface area (Å²) in [5.41, 5.74) is 2.80. The minimum absolute atomic E-state index is 0.0979. The largest absolute Gasteiger partial charge is 0.396 e. The third-order valence-corrected chi connectivity index (χ3v) is 4.37. The second-order valence-corrected chi connectivity index (χ2v) is 6.88. The van der Waals surface area contributed by atoms with Crippen LogP contribution >= 0.6 is 11.6 Å². The third kappa shape index (κ3) is 6.42. The van der Waals surface area contributed by atoms with E-state index in [1.807, 2.05) is 55.5 Å². The van der Waals surface area contributed by atoms with Crippen molar-refractivity contribution in [3.8, 4) is 0 Å². The summed E-state index contributed by atoms with van der Waals surface area (Å²) in [6.45, 7) is 5.83. The topological polar surface area (TPSA) is 61.4 Å². The maximum atomic E-state index is 12.8. The summed E-state index contributed by atoms with van der Waals surface area (Å²) in [5.74, 6) is -0.108. The molecule has 0 fully saturated rings. The highest BCUT2D eigenvalue weighted by molar-refractivity contribution is 6.30. The molecule has 2 atom stereocenters. The predicted molar refractivity (Wildman–Crippen MR) is 111 cm³/mol. The molecular weight excluding hydrogens is 360 g/mol. The first kappa shape index (κ1) is 21.0. The van der Waals surface area contributed by atoms with Gasteiger partial charge in [0.1, 0.15) is 6.04 Å². The number of benzene rings is 1. The quantitative estimate of drug-likeness (QED) is 0.629. The van der Waals surface area contributed by atoms with Crippen LogP contribution in [0, 0.1) is 0 Å². The minimum Gasteiger partial charge on any atom is -0.396 e. The van der Waals surface area contributed by atoms with Crippen LogP contribution in [0.3, 0.4) is 0 Å². The Hall–Kier alpha value is -2.30. The lowest BCUT2D eigenvalue weighted by Gasteiger charge is -2.26. The van der Waals surface area contributed by atoms with Gasteiger partial charge in [-0.1, -0.05) is 73.7 Å². The number of carbonyl (C=O) groups is 1. The molecule has 0 saturated carbocycles. The highest BCUT2D eigenvalue weighted by Crippen LogP contribution is 2.22. The highest BCUT2D eigenvalue weighted by atomic mass is 35.5. The number of hydrogen-bond donors (Lipinski definition) is 3. The molecule has 1 heterocycles. The lowest BCUT2D eigenvalue weighted by atomic mass is 10.00. The fourth-order valence-corrected chi connectivity index (χ4v) is 3.10. The summed E-state index contributed by atoms with van der Waals surface area (Å²) in [7, 11) is 0. The van der Waals surface area contributed by atoms with Gasteiger partial charge in [-0.3, -0.25) is 4.79 Å². The van der Waals surface area contributed by atoms with Crippen molar-refractivity contribution in [1.82, 2.24) is 10.6 Å². The fourth-order valence-electron chi connectivity index (χ4n) is 2.98. The molecule has 0 saturated heterocycles. The molecule has 0 aromatic heterocycles. The Morgan fingerprint density at radius 2 is 2.15 bits per heavy atom. The number of allylic oxidation sites excluding steroid dienone is 4. The number of rotatable bonds is 8. The van der Waals surface area contributed by atoms with Crippen LogP contribution < -0.4 is 10.6 Å². The summed E-state index contributed by atoms with van der Waals surface area (Å²) < 4.78 is 0. The number of aliphatic hydroxyl groups excluding tert-OH is 1. The van der Waals surface area contributed by atoms with Crippen LogP contribution in [-0.2, 0) is 4.79 Å². The predicted octanol–water partition coefficient (Wildman–Crippen LogP) is 4.12. The summed E-state index contributed by atoms with van der Waals surface area (Å²) in [4.78, 5) is 12.8. The van der Waals surface area contributed by atoms with Crippen molar-refractivity contribution < 1.29 is 9.90 Å². The van der Waals surface area contributed by atoms with E-state index in [0.29, 0.717) is 17.9 Å². The molecule has 0 radical (unpaired) electrons. The molecule has 5 heteroatoms. The van der Waals surface area contributed by atoms with E-state index in [-0.39, 0.29) is 18.6 Å². The van der Waals surface area contributed by atoms with Crippen LogP contribution in [0.15, 0.2) is 77.5 Å². The van der Waals surface area contributed by atoms with E-state index in [4.69, 9.17) is 11.6 Å². The molecule has 1 aromatic carbocycles. The normalized spacial score (nSPS) is 20.3. The van der Waals surface area contributed by atoms with Crippen molar-refractivity contribution in [2.45, 2.75) is 38.3 Å². The molecular formula is C22H27ClN2O2. The van der Waals surface area contributed by atoms with Crippen molar-refractivity contribution in [3.63, 3.8) is 0 Å². The standard InChI is InChI=1S/C22H27ClN2O2/c1-3-8-19-18(15-16(2)23)12-13-21(24-19)22(27)25-20(11-7-14-26)17-9-5-4-6-10-17/h4-6,8-10,12-13,15,20-21,24,26H,2-3,7,11,14H2,1H3,(H,25,27)/b18-15-,19-8+. The van der Waals surface area contributed by atoms with Crippen LogP contribution in [0.1, 0.15) is 37.8 Å². The number of nitrogens with one attached hydrogen (secondary N) is 2. The first-order chi connectivity index (χ1) is 13.0. The minimum atomic E-state index is -0.469. The van der Waals surface area contributed by atoms with Crippen molar-refractivity contribution in [2.75, 3.05) is 6.61 Å². The van der Waals surface area contributed by atoms with Gasteiger partial charge in [0.2, 0.25) is 5.91 Å². The van der Waals surface area contributed by atoms with Gasteiger partial charge in [0.05, 0.1) is 6.04 Å². The van der Waals surface area contributed by atoms with Crippen LogP contribution in [0.2, 0.25) is 0 Å². The van der Waals surface area contributed by atoms with Gasteiger partial charge in [0.25, 0.3) is 0 Å². The molecule has 27 heavy (non-hydrogen) atoms. The third-order valence-electron chi connectivity index (χ3n) is 4.26. The Bertz CT molecular complexity index is 738. The van der Waals surface area contributed by atoms with Crippen LogP contribution in [0.25, 0.3) is 0 Å². The van der Waals surface area contributed by atoms with Gasteiger partial charge in [-0.15, -0.1) is 0 Å². The molecule has 144 valence electrons. The first-order valence-electron chi connectivity index (χ1n) is 9.22. The van der Waals surface area contributed by atoms with Crippen LogP contribution in [0.5, 0.6) is 0 Å². The Morgan fingerprint density at radius 3 is 2.78 bits per heavy atom. The lowest BCUT2D eigenvalue weighted by Crippen LogP contribution is -2.45. The van der Waals surface area contributed by atoms with E-state index in [2.05, 4.69) is 17.2 Å². The van der Waals surface area contributed by atoms with Crippen LogP contribution in [0.4, 0.5) is 0 Å². The number of amides is 1. The average molecular weight is 387 g/mol. The molecule has 0 spiro atoms. The molecule has 0 aliphatic carbocycles. The molecule has 1 aliphatic heterocycles. The second-order valence-electron chi connectivity index (χ2n) is 6.39. The summed E-state index contributed by atoms with van der Waals surface area (Å²) in [5, 5.41) is 16.0. The smallest absolute Gasteiger partial charge is 0.247 e. The van der Waals surface area contributed by atoms with Gasteiger partial charge < -0.3 is 15.7 Å². The maximum absolute atomic E-state index is 12.8. The van der Waals surface area contributed by atoms with Gasteiger partial charge in [-0.2, -0.15) is 0 Å². The zero-order valence-corrected chi connectivity index (χ0v) is 16.4. The number of carbonyl (C=O) groups excluding carboxylic acids is 1. The van der Waals surface area contributed by atoms with Gasteiger partial charge in [0.15, 0.2) is 0 Å². The molecule has 2 unspecified atom stereocenters. The van der Waals surface area contributed by atoms with Gasteiger partial charge in [-0.25, -0.2) is 0 Å². The molecule has 1 amide bonds. The van der Waals surface area contributed by atoms with E-state index in [1.54, 1.807) is 6.08 Å². The Morgan fingerprint density at radius 1 is 1.41 bits per heavy atom. The SMILES string of the molecule is C=C(Cl)/C=C1/C=CC(C(=O)NC(CCCO)c2ccccc2)N/C1=C/CC. The molecule has 1 aliphatic rings. The van der Waals surface area contributed by atoms with Crippen molar-refractivity contribution in [3.05, 3.63) is 83.1 Å². The first-order valence-corrected chi connectivity index (χ1v) is 9.60. The van der Waals surface area contributed by atoms with E-state index in [1.165, 1.54) is 0 Å². The van der Waals surface area contributed by atoms with E-state index in [9.17, 15) is 9.90 Å². The summed E-state index contributed by atoms with van der Waals surface area (Å²) in [6, 6.07) is 9.21. The highest BCUT2D eigenvalue weighted by Gasteiger charge is 2.24. The molecule has 2 rings (SSSR count). The Labute approximate surface area is 166 Å². The van der Waals surface area contributed by atoms with Gasteiger partial charge in [0, 0.05) is 17.3 Å². The zero-order chi connectivity index (χ0) is 19.6. The van der Waals surface area contributed by atoms with Gasteiger partial charge in [-0.05, 0) is 36.5 Å². The van der Waals surface area contributed by atoms with Crippen molar-refractivity contribution in [2.24, 2.45) is 0 Å². The average Bonchev–Trinajstić information content (AvgIpc) is 2.66. The lowest BCUT2D eigenvalue weighted by molar-refractivity contribution is -0.122. The molecule has 3 N–H and O–H groups in total. The molecule has 1 aromatic rings. The molecule has 4 nitrogen and oxygen atoms in total. The van der Waals surface area contributed by atoms with Crippen molar-refractivity contribution in [1.29, 1.82) is 0 Å². The van der Waals surface area contributed by atoms with Crippen molar-refractivity contribution >= 4 is 17.5 Å². The van der Waals surface area contributed by atoms with E-state index < -0.39 is 6.04 Å². The summed E-state index contributed by atoms with van der Waals surface area (Å²) >= 11 is 5.90. The summed E-state index contributed by atoms with van der Waals surface area (Å²) in [6.07, 6.45) is 9.64. The Balaban J connectivity index is 2.15.